The lowest BCUT2D eigenvalue weighted by molar-refractivity contribution is -0.139. The second kappa shape index (κ2) is 7.49. The van der Waals surface area contributed by atoms with Gasteiger partial charge in [0, 0.05) is 6.54 Å². The largest absolute Gasteiger partial charge is 0.480 e. The third kappa shape index (κ3) is 6.59. The molecule has 0 heterocycles. The molecular weight excluding hydrogens is 186 g/mol. The number of rotatable bonds is 8. The van der Waals surface area contributed by atoms with E-state index in [1.165, 1.54) is 6.92 Å². The van der Waals surface area contributed by atoms with E-state index in [0.717, 1.165) is 0 Å². The molecule has 0 aliphatic heterocycles. The summed E-state index contributed by atoms with van der Waals surface area (Å²) in [4.78, 5) is 10.4. The molecule has 0 aliphatic carbocycles. The van der Waals surface area contributed by atoms with Crippen molar-refractivity contribution >= 4 is 5.97 Å². The number of carboxylic acid groups (broad SMARTS) is 1. The third-order valence-corrected chi connectivity index (χ3v) is 1.58. The van der Waals surface area contributed by atoms with Gasteiger partial charge >= 0.3 is 5.97 Å². The van der Waals surface area contributed by atoms with Gasteiger partial charge in [-0.1, -0.05) is 6.08 Å². The Kier molecular flexibility index (Phi) is 7.00. The monoisotopic (exact) mass is 203 g/mol. The van der Waals surface area contributed by atoms with E-state index in [9.17, 15) is 9.90 Å². The topological polar surface area (TPSA) is 78.8 Å². The average Bonchev–Trinajstić information content (AvgIpc) is 2.14. The van der Waals surface area contributed by atoms with E-state index in [1.54, 1.807) is 6.08 Å². The summed E-state index contributed by atoms with van der Waals surface area (Å²) >= 11 is 0. The summed E-state index contributed by atoms with van der Waals surface area (Å²) in [6.45, 7) is 5.72. The molecule has 0 fully saturated rings. The highest BCUT2D eigenvalue weighted by Crippen LogP contribution is 1.87. The fourth-order valence-electron chi connectivity index (χ4n) is 0.746. The number of nitrogens with one attached hydrogen (secondary N) is 1. The van der Waals surface area contributed by atoms with Crippen LogP contribution in [-0.2, 0) is 9.53 Å². The molecule has 5 nitrogen and oxygen atoms in total. The summed E-state index contributed by atoms with van der Waals surface area (Å²) in [5, 5.41) is 20.5. The predicted molar refractivity (Wildman–Crippen MR) is 52.1 cm³/mol. The molecule has 0 radical (unpaired) electrons. The summed E-state index contributed by atoms with van der Waals surface area (Å²) in [6, 6.07) is -0.663. The molecule has 0 saturated carbocycles. The molecule has 5 heteroatoms. The van der Waals surface area contributed by atoms with Crippen molar-refractivity contribution in [3.05, 3.63) is 12.7 Å². The molecule has 0 spiro atoms. The van der Waals surface area contributed by atoms with Gasteiger partial charge in [0.05, 0.1) is 19.3 Å². The van der Waals surface area contributed by atoms with Gasteiger partial charge in [0.2, 0.25) is 0 Å². The zero-order chi connectivity index (χ0) is 11.0. The summed E-state index contributed by atoms with van der Waals surface area (Å²) in [5.74, 6) is -0.941. The average molecular weight is 203 g/mol. The summed E-state index contributed by atoms with van der Waals surface area (Å²) in [7, 11) is 0. The maximum absolute atomic E-state index is 10.4. The van der Waals surface area contributed by atoms with Crippen LogP contribution in [0.15, 0.2) is 12.7 Å². The molecule has 0 rings (SSSR count). The van der Waals surface area contributed by atoms with E-state index >= 15 is 0 Å². The lowest BCUT2D eigenvalue weighted by Crippen LogP contribution is -2.40. The lowest BCUT2D eigenvalue weighted by Gasteiger charge is -2.13. The van der Waals surface area contributed by atoms with Crippen molar-refractivity contribution in [3.8, 4) is 0 Å². The molecule has 2 atom stereocenters. The molecule has 2 unspecified atom stereocenters. The minimum absolute atomic E-state index is 0.172. The zero-order valence-electron chi connectivity index (χ0n) is 8.27. The summed E-state index contributed by atoms with van der Waals surface area (Å²) < 4.78 is 4.98. The number of aliphatic hydroxyl groups excluding tert-OH is 1. The molecule has 82 valence electrons. The molecule has 0 bridgehead atoms. The van der Waals surface area contributed by atoms with E-state index in [1.807, 2.05) is 0 Å². The minimum atomic E-state index is -0.941. The van der Waals surface area contributed by atoms with Crippen LogP contribution >= 0.6 is 0 Å². The van der Waals surface area contributed by atoms with Crippen LogP contribution in [0.25, 0.3) is 0 Å². The van der Waals surface area contributed by atoms with E-state index in [2.05, 4.69) is 11.9 Å². The maximum atomic E-state index is 10.4. The van der Waals surface area contributed by atoms with Crippen molar-refractivity contribution in [1.82, 2.24) is 5.32 Å². The number of ether oxygens (including phenoxy) is 1. The molecule has 0 saturated heterocycles. The number of aliphatic carboxylic acids is 1. The Morgan fingerprint density at radius 2 is 2.36 bits per heavy atom. The number of hydrogen-bond donors (Lipinski definition) is 3. The summed E-state index contributed by atoms with van der Waals surface area (Å²) in [6.07, 6.45) is 0.886. The third-order valence-electron chi connectivity index (χ3n) is 1.58. The molecular formula is C9H17NO4. The van der Waals surface area contributed by atoms with Gasteiger partial charge in [-0.05, 0) is 6.92 Å². The van der Waals surface area contributed by atoms with Gasteiger partial charge in [0.25, 0.3) is 0 Å². The van der Waals surface area contributed by atoms with Gasteiger partial charge in [0.1, 0.15) is 6.04 Å². The smallest absolute Gasteiger partial charge is 0.320 e. The second-order valence-electron chi connectivity index (χ2n) is 2.95. The first-order valence-electron chi connectivity index (χ1n) is 4.40. The maximum Gasteiger partial charge on any atom is 0.320 e. The van der Waals surface area contributed by atoms with Crippen LogP contribution in [-0.4, -0.2) is 48.1 Å². The van der Waals surface area contributed by atoms with Crippen LogP contribution in [0.1, 0.15) is 6.92 Å². The van der Waals surface area contributed by atoms with Crippen LogP contribution in [0.5, 0.6) is 0 Å². The Morgan fingerprint density at radius 3 is 2.86 bits per heavy atom. The molecule has 0 aromatic carbocycles. The van der Waals surface area contributed by atoms with Crippen LogP contribution < -0.4 is 5.32 Å². The van der Waals surface area contributed by atoms with Gasteiger partial charge in [0.15, 0.2) is 0 Å². The van der Waals surface area contributed by atoms with Crippen molar-refractivity contribution < 1.29 is 19.7 Å². The molecule has 0 aromatic heterocycles. The SMILES string of the molecule is C=CCOCC(O)CNC(C)C(=O)O. The highest BCUT2D eigenvalue weighted by atomic mass is 16.5. The number of carboxylic acids is 1. The van der Waals surface area contributed by atoms with Gasteiger partial charge < -0.3 is 20.3 Å². The first-order valence-corrected chi connectivity index (χ1v) is 4.40. The normalized spacial score (nSPS) is 14.7. The Labute approximate surface area is 83.4 Å². The highest BCUT2D eigenvalue weighted by molar-refractivity contribution is 5.72. The molecule has 14 heavy (non-hydrogen) atoms. The second-order valence-corrected chi connectivity index (χ2v) is 2.95. The van der Waals surface area contributed by atoms with Gasteiger partial charge in [-0.15, -0.1) is 6.58 Å². The standard InChI is InChI=1S/C9H17NO4/c1-3-4-14-6-8(11)5-10-7(2)9(12)13/h3,7-8,10-11H,1,4-6H2,2H3,(H,12,13). The number of aliphatic hydroxyl groups is 1. The first-order chi connectivity index (χ1) is 6.57. The van der Waals surface area contributed by atoms with Crippen molar-refractivity contribution in [1.29, 1.82) is 0 Å². The van der Waals surface area contributed by atoms with E-state index in [4.69, 9.17) is 9.84 Å². The quantitative estimate of drug-likeness (QED) is 0.370. The van der Waals surface area contributed by atoms with Gasteiger partial charge in [-0.2, -0.15) is 0 Å². The van der Waals surface area contributed by atoms with Crippen molar-refractivity contribution in [2.75, 3.05) is 19.8 Å². The van der Waals surface area contributed by atoms with Crippen LogP contribution in [0.3, 0.4) is 0 Å². The van der Waals surface area contributed by atoms with Crippen LogP contribution in [0.2, 0.25) is 0 Å². The predicted octanol–water partition coefficient (Wildman–Crippen LogP) is -0.387. The van der Waals surface area contributed by atoms with Crippen molar-refractivity contribution in [2.45, 2.75) is 19.1 Å². The zero-order valence-corrected chi connectivity index (χ0v) is 8.27. The first kappa shape index (κ1) is 13.1. The molecule has 0 aromatic rings. The van der Waals surface area contributed by atoms with E-state index in [-0.39, 0.29) is 13.2 Å². The van der Waals surface area contributed by atoms with Gasteiger partial charge in [-0.3, -0.25) is 4.79 Å². The van der Waals surface area contributed by atoms with E-state index < -0.39 is 18.1 Å². The fraction of sp³-hybridized carbons (Fsp3) is 0.667. The van der Waals surface area contributed by atoms with Gasteiger partial charge in [-0.25, -0.2) is 0 Å². The van der Waals surface area contributed by atoms with Crippen molar-refractivity contribution in [3.63, 3.8) is 0 Å². The number of hydrogen-bond acceptors (Lipinski definition) is 4. The van der Waals surface area contributed by atoms with E-state index in [0.29, 0.717) is 6.61 Å². The fourth-order valence-corrected chi connectivity index (χ4v) is 0.746. The van der Waals surface area contributed by atoms with Crippen LogP contribution in [0.4, 0.5) is 0 Å². The highest BCUT2D eigenvalue weighted by Gasteiger charge is 2.11. The summed E-state index contributed by atoms with van der Waals surface area (Å²) in [5.41, 5.74) is 0. The number of carbonyl (C=O) groups is 1. The minimum Gasteiger partial charge on any atom is -0.480 e. The Bertz CT molecular complexity index is 184. The Hall–Kier alpha value is -0.910. The Morgan fingerprint density at radius 1 is 1.71 bits per heavy atom. The molecule has 3 N–H and O–H groups in total. The lowest BCUT2D eigenvalue weighted by atomic mass is 10.3. The van der Waals surface area contributed by atoms with Crippen molar-refractivity contribution in [2.24, 2.45) is 0 Å². The molecule has 0 aliphatic rings. The van der Waals surface area contributed by atoms with Crippen LogP contribution in [0, 0.1) is 0 Å². The molecule has 0 amide bonds. The Balaban J connectivity index is 3.47.